The van der Waals surface area contributed by atoms with Gasteiger partial charge in [-0.05, 0) is 50.6 Å². The summed E-state index contributed by atoms with van der Waals surface area (Å²) >= 11 is 0. The van der Waals surface area contributed by atoms with Gasteiger partial charge in [0.25, 0.3) is 10.0 Å². The van der Waals surface area contributed by atoms with E-state index in [0.29, 0.717) is 35.4 Å². The Balaban J connectivity index is 1.31. The number of fused-ring (bicyclic) bond motifs is 1. The van der Waals surface area contributed by atoms with Crippen LogP contribution in [0.1, 0.15) is 26.0 Å². The van der Waals surface area contributed by atoms with Gasteiger partial charge >= 0.3 is 11.9 Å². The molecular weight excluding hydrogens is 611 g/mol. The number of sulfonamides is 1. The second-order valence-electron chi connectivity index (χ2n) is 11.1. The number of anilines is 1. The summed E-state index contributed by atoms with van der Waals surface area (Å²) in [5, 5.41) is 3.04. The van der Waals surface area contributed by atoms with Crippen LogP contribution in [0.15, 0.2) is 42.6 Å². The van der Waals surface area contributed by atoms with Crippen molar-refractivity contribution in [3.63, 3.8) is 0 Å². The molecule has 44 heavy (non-hydrogen) atoms. The molecule has 3 aromatic heterocycles. The van der Waals surface area contributed by atoms with Crippen LogP contribution in [0.4, 0.5) is 27.8 Å². The molecule has 238 valence electrons. The fraction of sp³-hybridized carbons (Fsp3) is 0.500. The van der Waals surface area contributed by atoms with E-state index in [1.807, 2.05) is 32.0 Å². The Morgan fingerprint density at radius 3 is 2.43 bits per heavy atom. The average molecular weight is 643 g/mol. The van der Waals surface area contributed by atoms with E-state index in [4.69, 9.17) is 9.72 Å². The van der Waals surface area contributed by atoms with Crippen molar-refractivity contribution in [2.75, 3.05) is 31.1 Å². The molecule has 16 heteroatoms. The van der Waals surface area contributed by atoms with Crippen LogP contribution < -0.4 is 10.2 Å². The number of hydrogen-bond donors (Lipinski definition) is 1. The van der Waals surface area contributed by atoms with Gasteiger partial charge in [0.15, 0.2) is 0 Å². The molecule has 1 amide bonds. The number of ether oxygens (including phenoxy) is 1. The molecule has 0 bridgehead atoms. The van der Waals surface area contributed by atoms with Gasteiger partial charge in [-0.1, -0.05) is 6.07 Å². The zero-order chi connectivity index (χ0) is 31.8. The molecule has 10 nitrogen and oxygen atoms in total. The van der Waals surface area contributed by atoms with Gasteiger partial charge in [-0.3, -0.25) is 9.78 Å². The number of nitrogens with zero attached hydrogens (tertiary/aromatic N) is 5. The number of nitrogens with one attached hydrogen (secondary N) is 1. The molecule has 2 saturated heterocycles. The van der Waals surface area contributed by atoms with Crippen molar-refractivity contribution < 1.29 is 39.9 Å². The van der Waals surface area contributed by atoms with E-state index in [2.05, 4.69) is 20.2 Å². The number of aromatic nitrogens is 3. The first kappa shape index (κ1) is 31.9. The van der Waals surface area contributed by atoms with Gasteiger partial charge in [0.2, 0.25) is 5.91 Å². The van der Waals surface area contributed by atoms with Crippen molar-refractivity contribution in [3.05, 3.63) is 48.3 Å². The van der Waals surface area contributed by atoms with Crippen molar-refractivity contribution in [2.45, 2.75) is 56.9 Å². The quantitative estimate of drug-likeness (QED) is 0.388. The van der Waals surface area contributed by atoms with Crippen LogP contribution in [0.5, 0.6) is 0 Å². The molecule has 0 aliphatic carbocycles. The number of carbonyl (C=O) groups is 1. The summed E-state index contributed by atoms with van der Waals surface area (Å²) in [7, 11) is -5.27. The Hall–Kier alpha value is -3.50. The predicted octanol–water partition coefficient (Wildman–Crippen LogP) is 3.77. The van der Waals surface area contributed by atoms with E-state index < -0.39 is 59.3 Å². The monoisotopic (exact) mass is 642 g/mol. The molecule has 2 aliphatic rings. The first-order valence-corrected chi connectivity index (χ1v) is 15.5. The highest BCUT2D eigenvalue weighted by molar-refractivity contribution is 7.89. The minimum atomic E-state index is -5.27. The maximum absolute atomic E-state index is 13.5. The number of amides is 1. The molecule has 0 aromatic carbocycles. The number of carbonyl (C=O) groups excluding carboxylic acids is 1. The summed E-state index contributed by atoms with van der Waals surface area (Å²) in [5.74, 6) is -6.04. The minimum Gasteiger partial charge on any atom is -0.372 e. The summed E-state index contributed by atoms with van der Waals surface area (Å²) in [6.45, 7) is 3.57. The van der Waals surface area contributed by atoms with E-state index in [0.717, 1.165) is 5.82 Å². The second-order valence-corrected chi connectivity index (χ2v) is 13.0. The van der Waals surface area contributed by atoms with Crippen LogP contribution in [0.2, 0.25) is 0 Å². The molecule has 1 N–H and O–H groups in total. The van der Waals surface area contributed by atoms with Crippen LogP contribution in [0.3, 0.4) is 0 Å². The highest BCUT2D eigenvalue weighted by Crippen LogP contribution is 2.35. The smallest absolute Gasteiger partial charge is 0.372 e. The van der Waals surface area contributed by atoms with Gasteiger partial charge in [-0.25, -0.2) is 18.4 Å². The molecule has 2 fully saturated rings. The van der Waals surface area contributed by atoms with Crippen molar-refractivity contribution in [2.24, 2.45) is 5.92 Å². The zero-order valence-corrected chi connectivity index (χ0v) is 24.7. The van der Waals surface area contributed by atoms with E-state index in [-0.39, 0.29) is 28.6 Å². The van der Waals surface area contributed by atoms with Crippen molar-refractivity contribution in [3.8, 4) is 11.4 Å². The first-order chi connectivity index (χ1) is 20.7. The normalized spacial score (nSPS) is 23.7. The highest BCUT2D eigenvalue weighted by Gasteiger charge is 2.48. The summed E-state index contributed by atoms with van der Waals surface area (Å²) in [5.41, 5.74) is 1.98. The molecule has 3 aromatic rings. The molecule has 0 radical (unpaired) electrons. The third-order valence-corrected chi connectivity index (χ3v) is 9.01. The lowest BCUT2D eigenvalue weighted by Crippen LogP contribution is -2.56. The van der Waals surface area contributed by atoms with Gasteiger partial charge in [0, 0.05) is 43.8 Å². The SMILES string of the molecule is C[C@@H]1CN(c2cccc(-c3ccc4cnc(CC(=O)N[C@H]5C[C@@H](C(F)(F)F)CN(S(=O)(=O)C(F)F)C5)cc4n3)n2)C[C@H](C)O1. The summed E-state index contributed by atoms with van der Waals surface area (Å²) in [6.07, 6.45) is -4.21. The van der Waals surface area contributed by atoms with Crippen LogP contribution in [0, 0.1) is 5.92 Å². The standard InChI is InChI=1S/C28H31F5N6O4S/c1-16-12-38(13-17(2)43-16)25-5-3-4-22(37-25)23-7-6-18-11-34-20(9-24(18)36-23)10-26(40)35-21-8-19(28(31,32)33)14-39(15-21)44(41,42)27(29)30/h3-7,9,11,16-17,19,21,27H,8,10,12-15H2,1-2H3,(H,35,40)/t16-,17+,19-,21+/m1/s1. The number of piperidine rings is 1. The molecule has 0 spiro atoms. The maximum Gasteiger partial charge on any atom is 0.393 e. The minimum absolute atomic E-state index is 0.0555. The Kier molecular flexibility index (Phi) is 9.05. The molecular formula is C28H31F5N6O4S. The highest BCUT2D eigenvalue weighted by atomic mass is 32.2. The topological polar surface area (TPSA) is 118 Å². The number of rotatable bonds is 7. The molecule has 2 aliphatic heterocycles. The Labute approximate surface area is 250 Å². The van der Waals surface area contributed by atoms with Gasteiger partial charge in [-0.15, -0.1) is 0 Å². The van der Waals surface area contributed by atoms with Crippen LogP contribution in [-0.4, -0.2) is 89.9 Å². The number of alkyl halides is 5. The van der Waals surface area contributed by atoms with Gasteiger partial charge in [-0.2, -0.15) is 26.3 Å². The fourth-order valence-corrected chi connectivity index (χ4v) is 6.57. The molecule has 0 saturated carbocycles. The third kappa shape index (κ3) is 7.24. The van der Waals surface area contributed by atoms with Crippen molar-refractivity contribution >= 4 is 32.7 Å². The lowest BCUT2D eigenvalue weighted by molar-refractivity contribution is -0.185. The predicted molar refractivity (Wildman–Crippen MR) is 151 cm³/mol. The maximum atomic E-state index is 13.5. The molecule has 4 atom stereocenters. The fourth-order valence-electron chi connectivity index (χ4n) is 5.57. The van der Waals surface area contributed by atoms with Gasteiger partial charge in [0.05, 0.1) is 47.1 Å². The summed E-state index contributed by atoms with van der Waals surface area (Å²) < 4.78 is 96.3. The number of morpholine rings is 1. The number of hydrogen-bond acceptors (Lipinski definition) is 8. The largest absolute Gasteiger partial charge is 0.393 e. The average Bonchev–Trinajstić information content (AvgIpc) is 2.95. The van der Waals surface area contributed by atoms with E-state index in [1.54, 1.807) is 18.2 Å². The summed E-state index contributed by atoms with van der Waals surface area (Å²) in [6, 6.07) is 9.49. The van der Waals surface area contributed by atoms with Crippen LogP contribution in [-0.2, 0) is 26.0 Å². The van der Waals surface area contributed by atoms with Crippen molar-refractivity contribution in [1.29, 1.82) is 0 Å². The molecule has 0 unspecified atom stereocenters. The zero-order valence-electron chi connectivity index (χ0n) is 23.8. The lowest BCUT2D eigenvalue weighted by Gasteiger charge is -2.37. The second kappa shape index (κ2) is 12.5. The lowest BCUT2D eigenvalue weighted by atomic mass is 9.95. The van der Waals surface area contributed by atoms with E-state index >= 15 is 0 Å². The number of pyridine rings is 3. The van der Waals surface area contributed by atoms with Gasteiger partial charge in [0.1, 0.15) is 5.82 Å². The third-order valence-electron chi connectivity index (χ3n) is 7.54. The summed E-state index contributed by atoms with van der Waals surface area (Å²) in [4.78, 5) is 28.7. The Bertz CT molecular complexity index is 1620. The first-order valence-electron chi connectivity index (χ1n) is 14.0. The van der Waals surface area contributed by atoms with E-state index in [9.17, 15) is 35.2 Å². The van der Waals surface area contributed by atoms with Crippen LogP contribution in [0.25, 0.3) is 22.3 Å². The number of halogens is 5. The van der Waals surface area contributed by atoms with Gasteiger partial charge < -0.3 is 15.0 Å². The Morgan fingerprint density at radius 2 is 1.75 bits per heavy atom. The van der Waals surface area contributed by atoms with E-state index in [1.165, 1.54) is 6.20 Å². The van der Waals surface area contributed by atoms with Crippen molar-refractivity contribution in [1.82, 2.24) is 24.6 Å². The molecule has 5 heterocycles. The molecule has 5 rings (SSSR count). The van der Waals surface area contributed by atoms with Crippen LogP contribution >= 0.6 is 0 Å². The Morgan fingerprint density at radius 1 is 1.05 bits per heavy atom.